The monoisotopic (exact) mass is 285 g/mol. The second-order valence-corrected chi connectivity index (χ2v) is 4.45. The average Bonchev–Trinajstić information content (AvgIpc) is 2.46. The third kappa shape index (κ3) is 2.98. The lowest BCUT2D eigenvalue weighted by atomic mass is 10.1. The molecule has 0 aromatic heterocycles. The molecule has 0 heterocycles. The Morgan fingerprint density at radius 1 is 1.33 bits per heavy atom. The predicted molar refractivity (Wildman–Crippen MR) is 76.3 cm³/mol. The Labute approximate surface area is 120 Å². The van der Waals surface area contributed by atoms with Gasteiger partial charge in [0.25, 0.3) is 5.69 Å². The molecule has 0 aliphatic rings. The summed E-state index contributed by atoms with van der Waals surface area (Å²) in [7, 11) is 0. The average molecular weight is 285 g/mol. The molecule has 0 spiro atoms. The highest BCUT2D eigenvalue weighted by molar-refractivity contribution is 5.58. The standard InChI is InChI=1S/C15H12FN3O2/c1-10-11(4-2-7-15(10)19(20)21)9-18-14-6-3-5-13(16)12(14)8-17/h2-7,18H,9H2,1H3. The van der Waals surface area contributed by atoms with Gasteiger partial charge in [0, 0.05) is 18.2 Å². The third-order valence-electron chi connectivity index (χ3n) is 3.21. The number of nitrogens with zero attached hydrogens (tertiary/aromatic N) is 2. The Morgan fingerprint density at radius 2 is 2.05 bits per heavy atom. The molecule has 21 heavy (non-hydrogen) atoms. The third-order valence-corrected chi connectivity index (χ3v) is 3.21. The van der Waals surface area contributed by atoms with Crippen molar-refractivity contribution in [2.24, 2.45) is 0 Å². The van der Waals surface area contributed by atoms with Crippen molar-refractivity contribution in [1.29, 1.82) is 5.26 Å². The van der Waals surface area contributed by atoms with Crippen LogP contribution in [0, 0.1) is 34.2 Å². The number of benzene rings is 2. The number of nitriles is 1. The van der Waals surface area contributed by atoms with Gasteiger partial charge in [0.15, 0.2) is 0 Å². The van der Waals surface area contributed by atoms with Crippen LogP contribution in [0.4, 0.5) is 15.8 Å². The van der Waals surface area contributed by atoms with Gasteiger partial charge in [-0.15, -0.1) is 0 Å². The van der Waals surface area contributed by atoms with Crippen molar-refractivity contribution in [2.45, 2.75) is 13.5 Å². The van der Waals surface area contributed by atoms with Crippen LogP contribution in [0.15, 0.2) is 36.4 Å². The number of nitro benzene ring substituents is 1. The second-order valence-electron chi connectivity index (χ2n) is 4.45. The zero-order valence-electron chi connectivity index (χ0n) is 11.3. The van der Waals surface area contributed by atoms with Crippen molar-refractivity contribution < 1.29 is 9.31 Å². The summed E-state index contributed by atoms with van der Waals surface area (Å²) >= 11 is 0. The lowest BCUT2D eigenvalue weighted by molar-refractivity contribution is -0.385. The number of hydrogen-bond acceptors (Lipinski definition) is 4. The molecule has 0 fully saturated rings. The smallest absolute Gasteiger partial charge is 0.272 e. The van der Waals surface area contributed by atoms with Crippen LogP contribution in [0.5, 0.6) is 0 Å². The Morgan fingerprint density at radius 3 is 2.71 bits per heavy atom. The number of hydrogen-bond donors (Lipinski definition) is 1. The zero-order valence-corrected chi connectivity index (χ0v) is 11.3. The van der Waals surface area contributed by atoms with Gasteiger partial charge in [-0.3, -0.25) is 10.1 Å². The fourth-order valence-electron chi connectivity index (χ4n) is 2.03. The van der Waals surface area contributed by atoms with E-state index in [0.717, 1.165) is 5.56 Å². The summed E-state index contributed by atoms with van der Waals surface area (Å²) in [6.07, 6.45) is 0. The van der Waals surface area contributed by atoms with E-state index in [2.05, 4.69) is 5.32 Å². The molecule has 1 N–H and O–H groups in total. The number of rotatable bonds is 4. The summed E-state index contributed by atoms with van der Waals surface area (Å²) < 4.78 is 13.5. The van der Waals surface area contributed by atoms with Crippen molar-refractivity contribution in [1.82, 2.24) is 0 Å². The van der Waals surface area contributed by atoms with Crippen molar-refractivity contribution in [3.8, 4) is 6.07 Å². The highest BCUT2D eigenvalue weighted by Gasteiger charge is 2.13. The van der Waals surface area contributed by atoms with Crippen LogP contribution in [-0.2, 0) is 6.54 Å². The normalized spacial score (nSPS) is 9.95. The van der Waals surface area contributed by atoms with E-state index in [9.17, 15) is 14.5 Å². The van der Waals surface area contributed by atoms with Crippen molar-refractivity contribution in [3.63, 3.8) is 0 Å². The molecule has 2 aromatic rings. The Bertz CT molecular complexity index is 738. The molecule has 0 aliphatic carbocycles. The number of nitro groups is 1. The van der Waals surface area contributed by atoms with E-state index >= 15 is 0 Å². The molecule has 0 saturated carbocycles. The molecule has 0 unspecified atom stereocenters. The lowest BCUT2D eigenvalue weighted by Crippen LogP contribution is -2.05. The molecule has 0 saturated heterocycles. The highest BCUT2D eigenvalue weighted by Crippen LogP contribution is 2.23. The minimum atomic E-state index is -0.599. The summed E-state index contributed by atoms with van der Waals surface area (Å²) in [5.74, 6) is -0.599. The molecule has 106 valence electrons. The van der Waals surface area contributed by atoms with Crippen LogP contribution < -0.4 is 5.32 Å². The van der Waals surface area contributed by atoms with Crippen molar-refractivity contribution >= 4 is 11.4 Å². The van der Waals surface area contributed by atoms with Crippen molar-refractivity contribution in [3.05, 3.63) is 69.0 Å². The molecule has 6 heteroatoms. The Balaban J connectivity index is 2.26. The molecular formula is C15H12FN3O2. The van der Waals surface area contributed by atoms with Gasteiger partial charge < -0.3 is 5.32 Å². The van der Waals surface area contributed by atoms with Crippen LogP contribution in [0.25, 0.3) is 0 Å². The van der Waals surface area contributed by atoms with E-state index in [1.807, 2.05) is 0 Å². The molecule has 2 rings (SSSR count). The maximum Gasteiger partial charge on any atom is 0.272 e. The van der Waals surface area contributed by atoms with E-state index in [4.69, 9.17) is 5.26 Å². The topological polar surface area (TPSA) is 79.0 Å². The van der Waals surface area contributed by atoms with Gasteiger partial charge in [-0.05, 0) is 24.6 Å². The van der Waals surface area contributed by atoms with E-state index in [1.54, 1.807) is 31.2 Å². The van der Waals surface area contributed by atoms with E-state index in [0.29, 0.717) is 11.3 Å². The molecule has 0 aliphatic heterocycles. The molecular weight excluding hydrogens is 273 g/mol. The quantitative estimate of drug-likeness (QED) is 0.688. The van der Waals surface area contributed by atoms with Crippen LogP contribution in [0.1, 0.15) is 16.7 Å². The highest BCUT2D eigenvalue weighted by atomic mass is 19.1. The molecule has 0 radical (unpaired) electrons. The van der Waals surface area contributed by atoms with Gasteiger partial charge in [-0.2, -0.15) is 5.26 Å². The van der Waals surface area contributed by atoms with Crippen LogP contribution in [-0.4, -0.2) is 4.92 Å². The van der Waals surface area contributed by atoms with Gasteiger partial charge in [0.05, 0.1) is 10.6 Å². The van der Waals surface area contributed by atoms with E-state index in [1.165, 1.54) is 18.2 Å². The minimum Gasteiger partial charge on any atom is -0.380 e. The first kappa shape index (κ1) is 14.5. The van der Waals surface area contributed by atoms with Crippen LogP contribution in [0.2, 0.25) is 0 Å². The Hall–Kier alpha value is -2.94. The SMILES string of the molecule is Cc1c(CNc2cccc(F)c2C#N)cccc1[N+](=O)[O-]. The minimum absolute atomic E-state index is 0.0362. The van der Waals surface area contributed by atoms with Gasteiger partial charge in [0.1, 0.15) is 17.4 Å². The molecule has 0 atom stereocenters. The van der Waals surface area contributed by atoms with Gasteiger partial charge in [0.2, 0.25) is 0 Å². The zero-order chi connectivity index (χ0) is 15.4. The number of halogens is 1. The summed E-state index contributed by atoms with van der Waals surface area (Å²) in [5.41, 5.74) is 1.60. The van der Waals surface area contributed by atoms with Crippen molar-refractivity contribution in [2.75, 3.05) is 5.32 Å². The second kappa shape index (κ2) is 6.01. The molecule has 0 amide bonds. The van der Waals surface area contributed by atoms with Crippen LogP contribution in [0.3, 0.4) is 0 Å². The first-order chi connectivity index (χ1) is 10.0. The molecule has 5 nitrogen and oxygen atoms in total. The number of nitrogens with one attached hydrogen (secondary N) is 1. The predicted octanol–water partition coefficient (Wildman–Crippen LogP) is 3.53. The molecule has 0 bridgehead atoms. The fraction of sp³-hybridized carbons (Fsp3) is 0.133. The summed E-state index contributed by atoms with van der Waals surface area (Å²) in [4.78, 5) is 10.4. The Kier molecular flexibility index (Phi) is 4.14. The van der Waals surface area contributed by atoms with E-state index < -0.39 is 10.7 Å². The first-order valence-corrected chi connectivity index (χ1v) is 6.20. The molecule has 2 aromatic carbocycles. The summed E-state index contributed by atoms with van der Waals surface area (Å²) in [6.45, 7) is 1.93. The van der Waals surface area contributed by atoms with Gasteiger partial charge >= 0.3 is 0 Å². The first-order valence-electron chi connectivity index (χ1n) is 6.20. The van der Waals surface area contributed by atoms with Gasteiger partial charge in [-0.25, -0.2) is 4.39 Å². The summed E-state index contributed by atoms with van der Waals surface area (Å²) in [6, 6.07) is 10.9. The lowest BCUT2D eigenvalue weighted by Gasteiger charge is -2.10. The maximum absolute atomic E-state index is 13.5. The van der Waals surface area contributed by atoms with Crippen LogP contribution >= 0.6 is 0 Å². The van der Waals surface area contributed by atoms with Gasteiger partial charge in [-0.1, -0.05) is 18.2 Å². The summed E-state index contributed by atoms with van der Waals surface area (Å²) in [5, 5.41) is 22.8. The largest absolute Gasteiger partial charge is 0.380 e. The number of anilines is 1. The fourth-order valence-corrected chi connectivity index (χ4v) is 2.03. The van der Waals surface area contributed by atoms with E-state index in [-0.39, 0.29) is 17.8 Å². The maximum atomic E-state index is 13.5.